The second-order valence-corrected chi connectivity index (χ2v) is 5.84. The van der Waals surface area contributed by atoms with Crippen molar-refractivity contribution < 1.29 is 41.0 Å². The Morgan fingerprint density at radius 3 is 2.07 bits per heavy atom. The van der Waals surface area contributed by atoms with Crippen molar-refractivity contribution in [1.29, 1.82) is 0 Å². The Bertz CT molecular complexity index is 817. The molecule has 0 saturated carbocycles. The molecule has 0 N–H and O–H groups in total. The van der Waals surface area contributed by atoms with Crippen molar-refractivity contribution in [2.75, 3.05) is 6.61 Å². The van der Waals surface area contributed by atoms with Crippen LogP contribution in [0.15, 0.2) is 61.2 Å². The van der Waals surface area contributed by atoms with E-state index in [9.17, 15) is 26.7 Å². The smallest absolute Gasteiger partial charge is 0.494 e. The van der Waals surface area contributed by atoms with Gasteiger partial charge in [0.1, 0.15) is 11.5 Å². The summed E-state index contributed by atoms with van der Waals surface area (Å²) in [6, 6.07) is 12.6. The van der Waals surface area contributed by atoms with Gasteiger partial charge >= 0.3 is 18.4 Å². The Morgan fingerprint density at radius 2 is 1.48 bits per heavy atom. The number of hydrogen-bond acceptors (Lipinski definition) is 4. The molecular formula is C20H17F5O4. The third-order valence-corrected chi connectivity index (χ3v) is 3.51. The highest BCUT2D eigenvalue weighted by atomic mass is 19.4. The predicted octanol–water partition coefficient (Wildman–Crippen LogP) is 5.59. The van der Waals surface area contributed by atoms with Crippen molar-refractivity contribution >= 4 is 11.5 Å². The molecule has 0 heterocycles. The molecule has 0 spiro atoms. The van der Waals surface area contributed by atoms with E-state index in [0.29, 0.717) is 5.56 Å². The lowest BCUT2D eigenvalue weighted by molar-refractivity contribution is -0.331. The van der Waals surface area contributed by atoms with Crippen LogP contribution in [0.25, 0.3) is 5.57 Å². The Kier molecular flexibility index (Phi) is 7.19. The fourth-order valence-electron chi connectivity index (χ4n) is 2.15. The molecule has 0 bridgehead atoms. The Morgan fingerprint density at radius 1 is 0.897 bits per heavy atom. The molecule has 2 aromatic carbocycles. The summed E-state index contributed by atoms with van der Waals surface area (Å²) in [4.78, 5) is 11.8. The van der Waals surface area contributed by atoms with Gasteiger partial charge in [0, 0.05) is 6.42 Å². The van der Waals surface area contributed by atoms with Crippen molar-refractivity contribution in [2.24, 2.45) is 0 Å². The van der Waals surface area contributed by atoms with Gasteiger partial charge < -0.3 is 14.2 Å². The molecular weight excluding hydrogens is 399 g/mol. The first-order chi connectivity index (χ1) is 13.6. The molecule has 0 aliphatic heterocycles. The third-order valence-electron chi connectivity index (χ3n) is 3.51. The highest BCUT2D eigenvalue weighted by Crippen LogP contribution is 2.27. The van der Waals surface area contributed by atoms with Gasteiger partial charge in [0.2, 0.25) is 0 Å². The molecule has 0 aliphatic rings. The lowest BCUT2D eigenvalue weighted by Gasteiger charge is -2.18. The monoisotopic (exact) mass is 416 g/mol. The van der Waals surface area contributed by atoms with E-state index >= 15 is 0 Å². The van der Waals surface area contributed by atoms with Gasteiger partial charge in [0.05, 0.1) is 12.2 Å². The van der Waals surface area contributed by atoms with Crippen LogP contribution < -0.4 is 9.47 Å². The van der Waals surface area contributed by atoms with Crippen LogP contribution in [0.4, 0.5) is 22.0 Å². The Labute approximate surface area is 163 Å². The number of benzene rings is 2. The summed E-state index contributed by atoms with van der Waals surface area (Å²) in [6.45, 7) is 3.24. The van der Waals surface area contributed by atoms with E-state index in [-0.39, 0.29) is 30.1 Å². The number of ether oxygens (including phenoxy) is 3. The van der Waals surface area contributed by atoms with Gasteiger partial charge in [0.25, 0.3) is 0 Å². The van der Waals surface area contributed by atoms with E-state index in [1.165, 1.54) is 24.3 Å². The number of rotatable bonds is 9. The molecule has 4 nitrogen and oxygen atoms in total. The zero-order chi connectivity index (χ0) is 21.5. The highest BCUT2D eigenvalue weighted by Gasteiger charge is 2.39. The second kappa shape index (κ2) is 9.40. The van der Waals surface area contributed by atoms with Crippen LogP contribution in [-0.2, 0) is 9.53 Å². The van der Waals surface area contributed by atoms with Crippen LogP contribution in [0.1, 0.15) is 18.4 Å². The van der Waals surface area contributed by atoms with Crippen LogP contribution in [0, 0.1) is 0 Å². The molecule has 29 heavy (non-hydrogen) atoms. The number of esters is 1. The quantitative estimate of drug-likeness (QED) is 0.176. The fourth-order valence-corrected chi connectivity index (χ4v) is 2.15. The summed E-state index contributed by atoms with van der Waals surface area (Å²) in [5.74, 6) is -1.51. The Hall–Kier alpha value is -3.10. The van der Waals surface area contributed by atoms with Gasteiger partial charge in [-0.15, -0.1) is 8.78 Å². The molecule has 0 fully saturated rings. The van der Waals surface area contributed by atoms with Crippen molar-refractivity contribution in [1.82, 2.24) is 0 Å². The zero-order valence-corrected chi connectivity index (χ0v) is 15.0. The Balaban J connectivity index is 1.86. The summed E-state index contributed by atoms with van der Waals surface area (Å²) in [6.07, 6.45) is -9.75. The van der Waals surface area contributed by atoms with Gasteiger partial charge in [0.15, 0.2) is 0 Å². The summed E-state index contributed by atoms with van der Waals surface area (Å²) >= 11 is 0. The van der Waals surface area contributed by atoms with E-state index in [0.717, 1.165) is 12.1 Å². The molecule has 0 aromatic heterocycles. The molecule has 0 radical (unpaired) electrons. The molecule has 0 unspecified atom stereocenters. The number of carbonyl (C=O) groups is 1. The van der Waals surface area contributed by atoms with E-state index in [1.807, 2.05) is 0 Å². The number of hydrogen-bond donors (Lipinski definition) is 0. The first-order valence-corrected chi connectivity index (χ1v) is 8.40. The molecule has 0 aliphatic carbocycles. The molecule has 0 amide bonds. The van der Waals surface area contributed by atoms with Crippen molar-refractivity contribution in [3.63, 3.8) is 0 Å². The molecule has 2 aromatic rings. The van der Waals surface area contributed by atoms with Crippen molar-refractivity contribution in [2.45, 2.75) is 25.3 Å². The van der Waals surface area contributed by atoms with Crippen LogP contribution in [-0.4, -0.2) is 25.0 Å². The van der Waals surface area contributed by atoms with Gasteiger partial charge in [-0.1, -0.05) is 36.9 Å². The summed E-state index contributed by atoms with van der Waals surface area (Å²) in [5, 5.41) is 0. The van der Waals surface area contributed by atoms with Crippen LogP contribution >= 0.6 is 0 Å². The zero-order valence-electron chi connectivity index (χ0n) is 15.0. The van der Waals surface area contributed by atoms with Crippen LogP contribution in [0.3, 0.4) is 0 Å². The normalized spacial score (nSPS) is 11.6. The predicted molar refractivity (Wildman–Crippen MR) is 94.4 cm³/mol. The first kappa shape index (κ1) is 22.2. The van der Waals surface area contributed by atoms with Crippen LogP contribution in [0.5, 0.6) is 11.5 Å². The first-order valence-electron chi connectivity index (χ1n) is 8.40. The molecule has 9 heteroatoms. The van der Waals surface area contributed by atoms with E-state index in [2.05, 4.69) is 16.1 Å². The SMILES string of the molecule is C=C(C(=O)OC(F)(F)Oc1ccc(OCCCC(F)(F)F)cc1)c1ccccc1. The van der Waals surface area contributed by atoms with E-state index in [1.54, 1.807) is 18.2 Å². The molecule has 156 valence electrons. The topological polar surface area (TPSA) is 44.8 Å². The lowest BCUT2D eigenvalue weighted by Crippen LogP contribution is -2.31. The average molecular weight is 416 g/mol. The standard InChI is InChI=1S/C20H17F5O4/c1-14(15-6-3-2-4-7-15)18(26)29-20(24,25)28-17-10-8-16(9-11-17)27-13-5-12-19(21,22)23/h2-4,6-11H,1,5,12-13H2. The number of carbonyl (C=O) groups excluding carboxylic acids is 1. The highest BCUT2D eigenvalue weighted by molar-refractivity contribution is 6.15. The van der Waals surface area contributed by atoms with Gasteiger partial charge in [-0.25, -0.2) is 4.79 Å². The van der Waals surface area contributed by atoms with Gasteiger partial charge in [-0.2, -0.15) is 13.2 Å². The summed E-state index contributed by atoms with van der Waals surface area (Å²) in [5.41, 5.74) is 0.0526. The lowest BCUT2D eigenvalue weighted by atomic mass is 10.1. The van der Waals surface area contributed by atoms with E-state index in [4.69, 9.17) is 4.74 Å². The van der Waals surface area contributed by atoms with Crippen LogP contribution in [0.2, 0.25) is 0 Å². The largest absolute Gasteiger partial charge is 0.588 e. The van der Waals surface area contributed by atoms with Gasteiger partial charge in [-0.3, -0.25) is 0 Å². The van der Waals surface area contributed by atoms with E-state index < -0.39 is 24.9 Å². The number of halogens is 5. The maximum absolute atomic E-state index is 13.9. The van der Waals surface area contributed by atoms with Crippen molar-refractivity contribution in [3.05, 3.63) is 66.7 Å². The van der Waals surface area contributed by atoms with Crippen molar-refractivity contribution in [3.8, 4) is 11.5 Å². The second-order valence-electron chi connectivity index (χ2n) is 5.84. The fraction of sp³-hybridized carbons (Fsp3) is 0.250. The molecule has 2 rings (SSSR count). The number of alkyl halides is 5. The average Bonchev–Trinajstić information content (AvgIpc) is 2.65. The minimum atomic E-state index is -4.27. The molecule has 0 saturated heterocycles. The van der Waals surface area contributed by atoms with Gasteiger partial charge in [-0.05, 0) is 36.2 Å². The summed E-state index contributed by atoms with van der Waals surface area (Å²) in [7, 11) is 0. The summed E-state index contributed by atoms with van der Waals surface area (Å²) < 4.78 is 77.4. The minimum absolute atomic E-state index is 0.178. The minimum Gasteiger partial charge on any atom is -0.494 e. The third kappa shape index (κ3) is 7.81. The molecule has 0 atom stereocenters. The maximum Gasteiger partial charge on any atom is 0.588 e. The maximum atomic E-state index is 13.9.